The number of ether oxygens (including phenoxy) is 1. The third-order valence-corrected chi connectivity index (χ3v) is 4.39. The maximum absolute atomic E-state index is 13.6. The number of halogens is 5. The highest BCUT2D eigenvalue weighted by Gasteiger charge is 2.35. The predicted octanol–water partition coefficient (Wildman–Crippen LogP) is 4.76. The lowest BCUT2D eigenvalue weighted by Crippen LogP contribution is -2.20. The van der Waals surface area contributed by atoms with E-state index in [-0.39, 0.29) is 24.1 Å². The minimum absolute atomic E-state index is 0.0625. The molecule has 2 aromatic carbocycles. The zero-order chi connectivity index (χ0) is 24.1. The molecule has 0 N–H and O–H groups in total. The van der Waals surface area contributed by atoms with E-state index in [4.69, 9.17) is 4.84 Å². The zero-order valence-corrected chi connectivity index (χ0v) is 17.5. The van der Waals surface area contributed by atoms with Gasteiger partial charge in [-0.25, -0.2) is 13.6 Å². The molecular formula is C21H19F5N2O4. The molecule has 2 rings (SSSR count). The summed E-state index contributed by atoms with van der Waals surface area (Å²) in [5.74, 6) is -3.87. The van der Waals surface area contributed by atoms with Crippen molar-refractivity contribution in [3.05, 3.63) is 69.8 Å². The molecule has 0 radical (unpaired) electrons. The van der Waals surface area contributed by atoms with Crippen LogP contribution in [0, 0.1) is 18.6 Å². The topological polar surface area (TPSA) is 69.5 Å². The van der Waals surface area contributed by atoms with Gasteiger partial charge in [0.15, 0.2) is 17.3 Å². The molecule has 0 aromatic heterocycles. The van der Waals surface area contributed by atoms with Gasteiger partial charge in [0.2, 0.25) is 0 Å². The van der Waals surface area contributed by atoms with Crippen LogP contribution >= 0.6 is 0 Å². The number of hydrogen-bond donors (Lipinski definition) is 0. The van der Waals surface area contributed by atoms with Crippen LogP contribution in [-0.2, 0) is 32.0 Å². The molecule has 6 nitrogen and oxygen atoms in total. The molecule has 0 atom stereocenters. The highest BCUT2D eigenvalue weighted by Crippen LogP contribution is 2.33. The summed E-state index contributed by atoms with van der Waals surface area (Å²) in [5, 5.41) is 7.29. The Morgan fingerprint density at radius 2 is 1.69 bits per heavy atom. The van der Waals surface area contributed by atoms with E-state index < -0.39 is 34.9 Å². The van der Waals surface area contributed by atoms with Crippen molar-refractivity contribution >= 4 is 17.4 Å². The van der Waals surface area contributed by atoms with Gasteiger partial charge in [0.1, 0.15) is 13.7 Å². The van der Waals surface area contributed by atoms with Gasteiger partial charge in [0.05, 0.1) is 18.4 Å². The molecule has 0 spiro atoms. The molecule has 0 aliphatic heterocycles. The van der Waals surface area contributed by atoms with Crippen LogP contribution in [0.1, 0.15) is 34.7 Å². The fraction of sp³-hybridized carbons (Fsp3) is 0.286. The average molecular weight is 458 g/mol. The number of rotatable bonds is 7. The van der Waals surface area contributed by atoms with E-state index in [2.05, 4.69) is 19.9 Å². The molecule has 172 valence electrons. The molecule has 0 amide bonds. The van der Waals surface area contributed by atoms with Crippen molar-refractivity contribution in [3.8, 4) is 0 Å². The summed E-state index contributed by atoms with van der Waals surface area (Å²) in [6.07, 6.45) is -4.93. The van der Waals surface area contributed by atoms with Gasteiger partial charge in [-0.2, -0.15) is 13.2 Å². The van der Waals surface area contributed by atoms with Gasteiger partial charge in [0.25, 0.3) is 0 Å². The van der Waals surface area contributed by atoms with Crippen LogP contribution < -0.4 is 0 Å². The molecule has 0 aliphatic rings. The Kier molecular flexibility index (Phi) is 7.90. The number of hydrogen-bond acceptors (Lipinski definition) is 6. The largest absolute Gasteiger partial charge is 0.464 e. The summed E-state index contributed by atoms with van der Waals surface area (Å²) < 4.78 is 71.3. The van der Waals surface area contributed by atoms with Crippen molar-refractivity contribution in [2.45, 2.75) is 26.6 Å². The van der Waals surface area contributed by atoms with Gasteiger partial charge in [-0.1, -0.05) is 28.5 Å². The Morgan fingerprint density at radius 3 is 2.28 bits per heavy atom. The third-order valence-electron chi connectivity index (χ3n) is 4.39. The summed E-state index contributed by atoms with van der Waals surface area (Å²) in [6, 6.07) is 5.37. The first-order chi connectivity index (χ1) is 15.0. The van der Waals surface area contributed by atoms with Crippen molar-refractivity contribution in [2.75, 3.05) is 14.2 Å². The second-order valence-electron chi connectivity index (χ2n) is 6.47. The second-order valence-corrected chi connectivity index (χ2v) is 6.47. The molecule has 0 bridgehead atoms. The number of nitrogens with zero attached hydrogens (tertiary/aromatic N) is 2. The van der Waals surface area contributed by atoms with Crippen LogP contribution in [-0.4, -0.2) is 31.6 Å². The molecular weight excluding hydrogens is 439 g/mol. The number of methoxy groups -OCH3 is 1. The Morgan fingerprint density at radius 1 is 1.03 bits per heavy atom. The van der Waals surface area contributed by atoms with E-state index in [9.17, 15) is 26.7 Å². The van der Waals surface area contributed by atoms with E-state index in [0.29, 0.717) is 22.8 Å². The van der Waals surface area contributed by atoms with Crippen LogP contribution in [0.4, 0.5) is 22.0 Å². The number of benzene rings is 2. The summed E-state index contributed by atoms with van der Waals surface area (Å²) in [5.41, 5.74) is -1.15. The van der Waals surface area contributed by atoms with Crippen molar-refractivity contribution < 1.29 is 41.2 Å². The van der Waals surface area contributed by atoms with E-state index in [0.717, 1.165) is 14.0 Å². The zero-order valence-electron chi connectivity index (χ0n) is 17.5. The van der Waals surface area contributed by atoms with Crippen molar-refractivity contribution in [1.82, 2.24) is 0 Å². The second kappa shape index (κ2) is 10.2. The SMILES string of the molecule is CO/N=C(/C(=O)OC)c1cccc(C)c1CO/N=C(\C)c1cc(F)c(F)cc1C(F)(F)F. The highest BCUT2D eigenvalue weighted by atomic mass is 19.4. The predicted molar refractivity (Wildman–Crippen MR) is 105 cm³/mol. The first-order valence-electron chi connectivity index (χ1n) is 9.02. The molecule has 0 heterocycles. The standard InChI is InChI=1S/C21H19F5N2O4/c1-11-6-5-7-13(19(28-31-4)20(29)30-3)15(11)10-32-27-12(2)14-8-17(22)18(23)9-16(14)21(24,25)26/h5-9H,10H2,1-4H3/b27-12+,28-19+. The molecule has 11 heteroatoms. The van der Waals surface area contributed by atoms with Crippen LogP contribution in [0.15, 0.2) is 40.6 Å². The molecule has 0 saturated carbocycles. The summed E-state index contributed by atoms with van der Waals surface area (Å²) in [6.45, 7) is 2.59. The average Bonchev–Trinajstić information content (AvgIpc) is 2.73. The number of alkyl halides is 3. The number of carbonyl (C=O) groups is 1. The normalized spacial score (nSPS) is 12.5. The minimum Gasteiger partial charge on any atom is -0.464 e. The Balaban J connectivity index is 2.40. The van der Waals surface area contributed by atoms with E-state index in [1.807, 2.05) is 0 Å². The Bertz CT molecular complexity index is 1060. The van der Waals surface area contributed by atoms with Crippen LogP contribution in [0.2, 0.25) is 0 Å². The number of carbonyl (C=O) groups excluding carboxylic acids is 1. The number of aryl methyl sites for hydroxylation is 1. The lowest BCUT2D eigenvalue weighted by atomic mass is 9.99. The van der Waals surface area contributed by atoms with E-state index in [1.54, 1.807) is 25.1 Å². The number of esters is 1. The van der Waals surface area contributed by atoms with Gasteiger partial charge in [0, 0.05) is 16.7 Å². The quantitative estimate of drug-likeness (QED) is 0.260. The van der Waals surface area contributed by atoms with Crippen molar-refractivity contribution in [3.63, 3.8) is 0 Å². The molecule has 0 saturated heterocycles. The maximum atomic E-state index is 13.6. The molecule has 2 aromatic rings. The first-order valence-corrected chi connectivity index (χ1v) is 9.02. The molecule has 0 aliphatic carbocycles. The van der Waals surface area contributed by atoms with Gasteiger partial charge in [-0.15, -0.1) is 0 Å². The van der Waals surface area contributed by atoms with Crippen LogP contribution in [0.25, 0.3) is 0 Å². The lowest BCUT2D eigenvalue weighted by Gasteiger charge is -2.14. The summed E-state index contributed by atoms with van der Waals surface area (Å²) in [7, 11) is 2.40. The summed E-state index contributed by atoms with van der Waals surface area (Å²) in [4.78, 5) is 21.9. The van der Waals surface area contributed by atoms with Crippen LogP contribution in [0.5, 0.6) is 0 Å². The smallest absolute Gasteiger partial charge is 0.417 e. The Labute approximate surface area is 180 Å². The van der Waals surface area contributed by atoms with Gasteiger partial charge in [-0.05, 0) is 31.5 Å². The monoisotopic (exact) mass is 458 g/mol. The highest BCUT2D eigenvalue weighted by molar-refractivity contribution is 6.43. The molecule has 0 fully saturated rings. The van der Waals surface area contributed by atoms with Gasteiger partial charge >= 0.3 is 12.1 Å². The fourth-order valence-electron chi connectivity index (χ4n) is 2.82. The third kappa shape index (κ3) is 5.59. The molecule has 32 heavy (non-hydrogen) atoms. The number of oxime groups is 2. The fourth-order valence-corrected chi connectivity index (χ4v) is 2.82. The maximum Gasteiger partial charge on any atom is 0.417 e. The van der Waals surface area contributed by atoms with Gasteiger partial charge in [-0.3, -0.25) is 0 Å². The van der Waals surface area contributed by atoms with E-state index >= 15 is 0 Å². The van der Waals surface area contributed by atoms with Crippen molar-refractivity contribution in [1.29, 1.82) is 0 Å². The van der Waals surface area contributed by atoms with Crippen LogP contribution in [0.3, 0.4) is 0 Å². The first kappa shape index (κ1) is 24.8. The molecule has 0 unspecified atom stereocenters. The van der Waals surface area contributed by atoms with Crippen molar-refractivity contribution in [2.24, 2.45) is 10.3 Å². The lowest BCUT2D eigenvalue weighted by molar-refractivity contribution is -0.138. The van der Waals surface area contributed by atoms with E-state index in [1.165, 1.54) is 7.11 Å². The minimum atomic E-state index is -4.93. The summed E-state index contributed by atoms with van der Waals surface area (Å²) >= 11 is 0. The van der Waals surface area contributed by atoms with Gasteiger partial charge < -0.3 is 14.4 Å². The Hall–Kier alpha value is -3.50.